The Morgan fingerprint density at radius 2 is 1.64 bits per heavy atom. The predicted molar refractivity (Wildman–Crippen MR) is 135 cm³/mol. The molecule has 0 aliphatic heterocycles. The van der Waals surface area contributed by atoms with E-state index in [1.807, 2.05) is 0 Å². The van der Waals surface area contributed by atoms with Gasteiger partial charge in [0.05, 0.1) is 18.5 Å². The molecule has 2 aromatic carbocycles. The van der Waals surface area contributed by atoms with Crippen LogP contribution in [0.1, 0.15) is 62.4 Å². The van der Waals surface area contributed by atoms with Crippen LogP contribution in [0.5, 0.6) is 0 Å². The van der Waals surface area contributed by atoms with Gasteiger partial charge in [-0.15, -0.1) is 0 Å². The lowest BCUT2D eigenvalue weighted by atomic mass is 9.72. The molecule has 1 N–H and O–H groups in total. The number of carbonyl (C=O) groups is 1. The number of nitrogens with zero attached hydrogens (tertiary/aromatic N) is 2. The number of hydrazone groups is 1. The van der Waals surface area contributed by atoms with Gasteiger partial charge >= 0.3 is 0 Å². The van der Waals surface area contributed by atoms with Crippen molar-refractivity contribution in [3.05, 3.63) is 64.7 Å². The number of hydrogen-bond acceptors (Lipinski definition) is 4. The van der Waals surface area contributed by atoms with Crippen LogP contribution < -0.4 is 9.73 Å². The van der Waals surface area contributed by atoms with Gasteiger partial charge in [0.2, 0.25) is 10.0 Å². The first-order valence-electron chi connectivity index (χ1n) is 11.1. The van der Waals surface area contributed by atoms with Crippen LogP contribution in [0.3, 0.4) is 0 Å². The summed E-state index contributed by atoms with van der Waals surface area (Å²) in [5, 5.41) is 4.92. The third-order valence-electron chi connectivity index (χ3n) is 6.16. The zero-order valence-corrected chi connectivity index (χ0v) is 21.2. The SMILES string of the molecule is CC(C)(C)C1CCC(=NNC(=O)c2ccc(N(Cc3ccc(Cl)cc3)S(C)(=O)=O)cc2)CC1. The van der Waals surface area contributed by atoms with Crippen molar-refractivity contribution in [1.82, 2.24) is 5.43 Å². The smallest absolute Gasteiger partial charge is 0.267 e. The molecule has 1 saturated carbocycles. The molecular weight excluding hydrogens is 458 g/mol. The van der Waals surface area contributed by atoms with Gasteiger partial charge in [0.15, 0.2) is 0 Å². The molecule has 6 nitrogen and oxygen atoms in total. The number of nitrogens with one attached hydrogen (secondary N) is 1. The maximum absolute atomic E-state index is 12.5. The second-order valence-corrected chi connectivity index (χ2v) is 12.0. The number of benzene rings is 2. The van der Waals surface area contributed by atoms with Gasteiger partial charge in [-0.2, -0.15) is 5.10 Å². The summed E-state index contributed by atoms with van der Waals surface area (Å²) in [4.78, 5) is 12.5. The molecule has 33 heavy (non-hydrogen) atoms. The van der Waals surface area contributed by atoms with Crippen LogP contribution in [0.25, 0.3) is 0 Å². The minimum atomic E-state index is -3.52. The average molecular weight is 490 g/mol. The van der Waals surface area contributed by atoms with E-state index >= 15 is 0 Å². The molecule has 0 radical (unpaired) electrons. The molecule has 1 aliphatic rings. The molecule has 0 bridgehead atoms. The largest absolute Gasteiger partial charge is 0.271 e. The van der Waals surface area contributed by atoms with Gasteiger partial charge in [0, 0.05) is 16.3 Å². The lowest BCUT2D eigenvalue weighted by Crippen LogP contribution is -2.29. The van der Waals surface area contributed by atoms with Crippen molar-refractivity contribution in [1.29, 1.82) is 0 Å². The highest BCUT2D eigenvalue weighted by atomic mass is 35.5. The molecule has 1 aliphatic carbocycles. The predicted octanol–water partition coefficient (Wildman–Crippen LogP) is 5.63. The number of halogens is 1. The summed E-state index contributed by atoms with van der Waals surface area (Å²) in [7, 11) is -3.52. The maximum Gasteiger partial charge on any atom is 0.271 e. The Morgan fingerprint density at radius 1 is 1.06 bits per heavy atom. The molecule has 8 heteroatoms. The van der Waals surface area contributed by atoms with Crippen molar-refractivity contribution in [2.75, 3.05) is 10.6 Å². The van der Waals surface area contributed by atoms with Crippen molar-refractivity contribution in [2.45, 2.75) is 53.0 Å². The van der Waals surface area contributed by atoms with Crippen molar-refractivity contribution in [3.8, 4) is 0 Å². The summed E-state index contributed by atoms with van der Waals surface area (Å²) in [5.74, 6) is 0.362. The Bertz CT molecular complexity index is 1100. The first-order valence-corrected chi connectivity index (χ1v) is 13.3. The number of sulfonamides is 1. The van der Waals surface area contributed by atoms with E-state index in [4.69, 9.17) is 11.6 Å². The van der Waals surface area contributed by atoms with E-state index in [0.29, 0.717) is 27.6 Å². The fraction of sp³-hybridized carbons (Fsp3) is 0.440. The standard InChI is InChI=1S/C25H32ClN3O3S/c1-25(2,3)20-9-13-22(14-10-20)27-28-24(30)19-7-15-23(16-8-19)29(33(4,31)32)17-18-5-11-21(26)12-6-18/h5-8,11-12,15-16,20H,9-10,13-14,17H2,1-4H3,(H,28,30). The minimum absolute atomic E-state index is 0.171. The molecule has 0 atom stereocenters. The van der Waals surface area contributed by atoms with Gasteiger partial charge in [-0.05, 0) is 79.0 Å². The lowest BCUT2D eigenvalue weighted by Gasteiger charge is -2.34. The van der Waals surface area contributed by atoms with Crippen LogP contribution in [0.2, 0.25) is 5.02 Å². The van der Waals surface area contributed by atoms with E-state index < -0.39 is 10.0 Å². The molecule has 1 fully saturated rings. The summed E-state index contributed by atoms with van der Waals surface area (Å²) in [6.07, 6.45) is 5.13. The Hall–Kier alpha value is -2.38. The Labute approximate surface area is 202 Å². The number of rotatable bonds is 6. The van der Waals surface area contributed by atoms with Crippen LogP contribution in [0.4, 0.5) is 5.69 Å². The van der Waals surface area contributed by atoms with Gasteiger partial charge in [0.25, 0.3) is 5.91 Å². The molecule has 1 amide bonds. The molecule has 0 heterocycles. The summed E-state index contributed by atoms with van der Waals surface area (Å²) in [5.41, 5.74) is 5.68. The third kappa shape index (κ3) is 7.05. The summed E-state index contributed by atoms with van der Waals surface area (Å²) in [6, 6.07) is 13.5. The molecular formula is C25H32ClN3O3S. The van der Waals surface area contributed by atoms with Gasteiger partial charge < -0.3 is 0 Å². The first-order chi connectivity index (χ1) is 15.4. The number of amides is 1. The monoisotopic (exact) mass is 489 g/mol. The van der Waals surface area contributed by atoms with E-state index in [9.17, 15) is 13.2 Å². The summed E-state index contributed by atoms with van der Waals surface area (Å²) >= 11 is 5.92. The maximum atomic E-state index is 12.5. The number of carbonyl (C=O) groups excluding carboxylic acids is 1. The van der Waals surface area contributed by atoms with Crippen LogP contribution >= 0.6 is 11.6 Å². The number of hydrogen-bond donors (Lipinski definition) is 1. The average Bonchev–Trinajstić information content (AvgIpc) is 2.76. The lowest BCUT2D eigenvalue weighted by molar-refractivity contribution is 0.0954. The van der Waals surface area contributed by atoms with E-state index in [1.54, 1.807) is 48.5 Å². The van der Waals surface area contributed by atoms with Crippen LogP contribution in [-0.2, 0) is 16.6 Å². The zero-order chi connectivity index (χ0) is 24.2. The van der Waals surface area contributed by atoms with E-state index in [-0.39, 0.29) is 12.5 Å². The normalized spacial score (nSPS) is 16.9. The first kappa shape index (κ1) is 25.2. The third-order valence-corrected chi connectivity index (χ3v) is 7.55. The van der Waals surface area contributed by atoms with Crippen molar-refractivity contribution in [2.24, 2.45) is 16.4 Å². The molecule has 178 valence electrons. The van der Waals surface area contributed by atoms with Gasteiger partial charge in [-0.3, -0.25) is 9.10 Å². The molecule has 3 rings (SSSR count). The van der Waals surface area contributed by atoms with E-state index in [1.165, 1.54) is 4.31 Å². The van der Waals surface area contributed by atoms with E-state index in [0.717, 1.165) is 43.2 Å². The second kappa shape index (κ2) is 10.3. The fourth-order valence-electron chi connectivity index (χ4n) is 4.06. The van der Waals surface area contributed by atoms with Crippen LogP contribution in [0.15, 0.2) is 53.6 Å². The molecule has 0 spiro atoms. The van der Waals surface area contributed by atoms with Gasteiger partial charge in [0.1, 0.15) is 0 Å². The topological polar surface area (TPSA) is 78.8 Å². The van der Waals surface area contributed by atoms with Crippen molar-refractivity contribution in [3.63, 3.8) is 0 Å². The molecule has 0 saturated heterocycles. The molecule has 2 aromatic rings. The van der Waals surface area contributed by atoms with E-state index in [2.05, 4.69) is 31.3 Å². The molecule has 0 aromatic heterocycles. The highest BCUT2D eigenvalue weighted by Crippen LogP contribution is 2.36. The molecule has 0 unspecified atom stereocenters. The van der Waals surface area contributed by atoms with Gasteiger partial charge in [-0.1, -0.05) is 44.5 Å². The Balaban J connectivity index is 1.65. The van der Waals surface area contributed by atoms with Crippen LogP contribution in [0, 0.1) is 11.3 Å². The van der Waals surface area contributed by atoms with Crippen molar-refractivity contribution >= 4 is 38.9 Å². The zero-order valence-electron chi connectivity index (χ0n) is 19.6. The highest BCUT2D eigenvalue weighted by Gasteiger charge is 2.28. The fourth-order valence-corrected chi connectivity index (χ4v) is 5.07. The summed E-state index contributed by atoms with van der Waals surface area (Å²) < 4.78 is 26.1. The van der Waals surface area contributed by atoms with Gasteiger partial charge in [-0.25, -0.2) is 13.8 Å². The minimum Gasteiger partial charge on any atom is -0.267 e. The quantitative estimate of drug-likeness (QED) is 0.534. The highest BCUT2D eigenvalue weighted by molar-refractivity contribution is 7.92. The van der Waals surface area contributed by atoms with Crippen LogP contribution in [-0.4, -0.2) is 26.3 Å². The van der Waals surface area contributed by atoms with Crippen molar-refractivity contribution < 1.29 is 13.2 Å². The Kier molecular flexibility index (Phi) is 7.85. The number of anilines is 1. The second-order valence-electron chi connectivity index (χ2n) is 9.70. The summed E-state index contributed by atoms with van der Waals surface area (Å²) in [6.45, 7) is 6.98. The Morgan fingerprint density at radius 3 is 2.15 bits per heavy atom.